The van der Waals surface area contributed by atoms with Crippen molar-refractivity contribution in [2.24, 2.45) is 23.5 Å². The van der Waals surface area contributed by atoms with Crippen molar-refractivity contribution in [2.75, 3.05) is 12.4 Å². The summed E-state index contributed by atoms with van der Waals surface area (Å²) in [4.78, 5) is 24.1. The minimum atomic E-state index is -0.370. The molecule has 1 aromatic carbocycles. The standard InChI is InChI=1S/C17H22N2O3.ClH/c1-9-7-12(5-6-13(9)17(21)22-2)19-16(20)14-10-3-4-11(8-10)15(14)18;/h5-7,10-11,14-15H,3-4,8,18H2,1-2H3,(H,19,20);1H. The van der Waals surface area contributed by atoms with Crippen LogP contribution in [0.1, 0.15) is 35.2 Å². The van der Waals surface area contributed by atoms with Gasteiger partial charge >= 0.3 is 5.97 Å². The van der Waals surface area contributed by atoms with Gasteiger partial charge in [0.1, 0.15) is 0 Å². The number of methoxy groups -OCH3 is 1. The Labute approximate surface area is 142 Å². The Morgan fingerprint density at radius 3 is 2.52 bits per heavy atom. The van der Waals surface area contributed by atoms with Crippen molar-refractivity contribution in [1.29, 1.82) is 0 Å². The van der Waals surface area contributed by atoms with E-state index in [0.717, 1.165) is 24.8 Å². The van der Waals surface area contributed by atoms with Crippen molar-refractivity contribution >= 4 is 30.0 Å². The molecular formula is C17H23ClN2O3. The Morgan fingerprint density at radius 2 is 1.96 bits per heavy atom. The number of aryl methyl sites for hydroxylation is 1. The van der Waals surface area contributed by atoms with E-state index in [0.29, 0.717) is 23.1 Å². The van der Waals surface area contributed by atoms with Gasteiger partial charge in [0.15, 0.2) is 0 Å². The second-order valence-electron chi connectivity index (χ2n) is 6.45. The summed E-state index contributed by atoms with van der Waals surface area (Å²) in [6, 6.07) is 5.19. The molecule has 4 unspecified atom stereocenters. The Bertz CT molecular complexity index is 618. The summed E-state index contributed by atoms with van der Waals surface area (Å²) in [6.07, 6.45) is 3.35. The maximum atomic E-state index is 12.5. The van der Waals surface area contributed by atoms with Crippen LogP contribution < -0.4 is 11.1 Å². The Kier molecular flexibility index (Phi) is 5.32. The third kappa shape index (κ3) is 3.21. The lowest BCUT2D eigenvalue weighted by Gasteiger charge is -2.27. The molecule has 0 radical (unpaired) electrons. The van der Waals surface area contributed by atoms with Gasteiger partial charge in [-0.25, -0.2) is 4.79 Å². The zero-order valence-electron chi connectivity index (χ0n) is 13.4. The number of esters is 1. The van der Waals surface area contributed by atoms with Crippen molar-refractivity contribution in [3.8, 4) is 0 Å². The predicted molar refractivity (Wildman–Crippen MR) is 90.7 cm³/mol. The van der Waals surface area contributed by atoms with Gasteiger partial charge in [-0.05, 0) is 61.8 Å². The highest BCUT2D eigenvalue weighted by atomic mass is 35.5. The van der Waals surface area contributed by atoms with Crippen LogP contribution in [0.15, 0.2) is 18.2 Å². The van der Waals surface area contributed by atoms with Gasteiger partial charge in [0.05, 0.1) is 18.6 Å². The van der Waals surface area contributed by atoms with Crippen LogP contribution in [-0.2, 0) is 9.53 Å². The number of amides is 1. The van der Waals surface area contributed by atoms with Crippen molar-refractivity contribution in [3.05, 3.63) is 29.3 Å². The SMILES string of the molecule is COC(=O)c1ccc(NC(=O)C2C3CCC(C3)C2N)cc1C.Cl. The molecule has 6 heteroatoms. The number of halogens is 1. The third-order valence-electron chi connectivity index (χ3n) is 5.18. The molecule has 0 aliphatic heterocycles. The number of fused-ring (bicyclic) bond motifs is 2. The van der Waals surface area contributed by atoms with E-state index >= 15 is 0 Å². The van der Waals surface area contributed by atoms with Gasteiger partial charge in [-0.15, -0.1) is 12.4 Å². The topological polar surface area (TPSA) is 81.4 Å². The minimum absolute atomic E-state index is 0. The van der Waals surface area contributed by atoms with Crippen LogP contribution in [0.25, 0.3) is 0 Å². The molecule has 0 saturated heterocycles. The van der Waals surface area contributed by atoms with E-state index in [-0.39, 0.29) is 36.2 Å². The molecule has 5 nitrogen and oxygen atoms in total. The smallest absolute Gasteiger partial charge is 0.338 e. The summed E-state index contributed by atoms with van der Waals surface area (Å²) in [5.41, 5.74) is 8.20. The van der Waals surface area contributed by atoms with E-state index in [1.807, 2.05) is 6.92 Å². The first-order chi connectivity index (χ1) is 10.5. The van der Waals surface area contributed by atoms with Gasteiger partial charge < -0.3 is 15.8 Å². The average molecular weight is 339 g/mol. The molecule has 2 fully saturated rings. The van der Waals surface area contributed by atoms with Crippen LogP contribution in [-0.4, -0.2) is 25.0 Å². The Morgan fingerprint density at radius 1 is 1.26 bits per heavy atom. The molecule has 3 rings (SSSR count). The lowest BCUT2D eigenvalue weighted by molar-refractivity contribution is -0.121. The fraction of sp³-hybridized carbons (Fsp3) is 0.529. The van der Waals surface area contributed by atoms with Crippen LogP contribution in [0.4, 0.5) is 5.69 Å². The maximum Gasteiger partial charge on any atom is 0.338 e. The van der Waals surface area contributed by atoms with Crippen molar-refractivity contribution in [3.63, 3.8) is 0 Å². The summed E-state index contributed by atoms with van der Waals surface area (Å²) in [6.45, 7) is 1.82. The van der Waals surface area contributed by atoms with E-state index in [1.165, 1.54) is 7.11 Å². The summed E-state index contributed by atoms with van der Waals surface area (Å²) >= 11 is 0. The van der Waals surface area contributed by atoms with E-state index in [1.54, 1.807) is 18.2 Å². The second-order valence-corrected chi connectivity index (χ2v) is 6.45. The van der Waals surface area contributed by atoms with Crippen LogP contribution >= 0.6 is 12.4 Å². The largest absolute Gasteiger partial charge is 0.465 e. The number of hydrogen-bond donors (Lipinski definition) is 2. The van der Waals surface area contributed by atoms with E-state index in [9.17, 15) is 9.59 Å². The van der Waals surface area contributed by atoms with E-state index in [4.69, 9.17) is 10.5 Å². The second kappa shape index (κ2) is 6.89. The number of carbonyl (C=O) groups is 2. The molecule has 1 amide bonds. The normalized spacial score (nSPS) is 28.1. The van der Waals surface area contributed by atoms with Crippen LogP contribution in [0, 0.1) is 24.7 Å². The summed E-state index contributed by atoms with van der Waals surface area (Å²) in [7, 11) is 1.36. The Hall–Kier alpha value is -1.59. The molecule has 1 aromatic rings. The van der Waals surface area contributed by atoms with Crippen molar-refractivity contribution < 1.29 is 14.3 Å². The number of rotatable bonds is 3. The van der Waals surface area contributed by atoms with Crippen molar-refractivity contribution in [2.45, 2.75) is 32.2 Å². The minimum Gasteiger partial charge on any atom is -0.465 e. The fourth-order valence-corrected chi connectivity index (χ4v) is 4.03. The molecule has 2 aliphatic rings. The van der Waals surface area contributed by atoms with Gasteiger partial charge in [0.25, 0.3) is 0 Å². The van der Waals surface area contributed by atoms with Gasteiger partial charge in [-0.1, -0.05) is 0 Å². The number of nitrogens with two attached hydrogens (primary N) is 1. The molecule has 126 valence electrons. The summed E-state index contributed by atoms with van der Waals surface area (Å²) in [5.74, 6) is 0.481. The molecule has 3 N–H and O–H groups in total. The molecular weight excluding hydrogens is 316 g/mol. The van der Waals surface area contributed by atoms with Gasteiger partial charge in [-0.2, -0.15) is 0 Å². The van der Waals surface area contributed by atoms with Crippen LogP contribution in [0.5, 0.6) is 0 Å². The van der Waals surface area contributed by atoms with Gasteiger partial charge in [0.2, 0.25) is 5.91 Å². The highest BCUT2D eigenvalue weighted by Gasteiger charge is 2.49. The monoisotopic (exact) mass is 338 g/mol. The molecule has 0 aromatic heterocycles. The lowest BCUT2D eigenvalue weighted by Crippen LogP contribution is -2.42. The number of nitrogens with one attached hydrogen (secondary N) is 1. The zero-order chi connectivity index (χ0) is 15.9. The zero-order valence-corrected chi connectivity index (χ0v) is 14.2. The first kappa shape index (κ1) is 17.8. The van der Waals surface area contributed by atoms with E-state index < -0.39 is 0 Å². The van der Waals surface area contributed by atoms with E-state index in [2.05, 4.69) is 5.32 Å². The molecule has 0 spiro atoms. The third-order valence-corrected chi connectivity index (χ3v) is 5.18. The predicted octanol–water partition coefficient (Wildman–Crippen LogP) is 2.52. The molecule has 0 heterocycles. The first-order valence-electron chi connectivity index (χ1n) is 7.76. The highest BCUT2D eigenvalue weighted by Crippen LogP contribution is 2.47. The van der Waals surface area contributed by atoms with Crippen molar-refractivity contribution in [1.82, 2.24) is 0 Å². The van der Waals surface area contributed by atoms with Gasteiger partial charge in [-0.3, -0.25) is 4.79 Å². The lowest BCUT2D eigenvalue weighted by atomic mass is 9.84. The number of hydrogen-bond acceptors (Lipinski definition) is 4. The molecule has 4 atom stereocenters. The molecule has 2 saturated carbocycles. The summed E-state index contributed by atoms with van der Waals surface area (Å²) < 4.78 is 4.72. The van der Waals surface area contributed by atoms with Gasteiger partial charge in [0, 0.05) is 11.7 Å². The maximum absolute atomic E-state index is 12.5. The summed E-state index contributed by atoms with van der Waals surface area (Å²) in [5, 5.41) is 2.95. The average Bonchev–Trinajstić information content (AvgIpc) is 3.07. The molecule has 2 aliphatic carbocycles. The van der Waals surface area contributed by atoms with Crippen LogP contribution in [0.2, 0.25) is 0 Å². The number of anilines is 1. The molecule has 2 bridgehead atoms. The number of benzene rings is 1. The quantitative estimate of drug-likeness (QED) is 0.830. The molecule has 23 heavy (non-hydrogen) atoms. The Balaban J connectivity index is 0.00000192. The number of ether oxygens (including phenoxy) is 1. The number of carbonyl (C=O) groups excluding carboxylic acids is 2. The van der Waals surface area contributed by atoms with Crippen LogP contribution in [0.3, 0.4) is 0 Å². The fourth-order valence-electron chi connectivity index (χ4n) is 4.03. The first-order valence-corrected chi connectivity index (χ1v) is 7.76. The highest BCUT2D eigenvalue weighted by molar-refractivity contribution is 5.95.